The molecule has 1 aromatic carbocycles. The minimum absolute atomic E-state index is 0.502. The normalized spacial score (nSPS) is 27.1. The largest absolute Gasteiger partial charge is 0.382 e. The smallest absolute Gasteiger partial charge is 0.0996 e. The summed E-state index contributed by atoms with van der Waals surface area (Å²) < 4.78 is 11.0. The van der Waals surface area contributed by atoms with Crippen molar-refractivity contribution in [1.82, 2.24) is 4.90 Å². The molecule has 140 valence electrons. The molecule has 1 aliphatic carbocycles. The van der Waals surface area contributed by atoms with Crippen LogP contribution in [0.5, 0.6) is 0 Å². The van der Waals surface area contributed by atoms with Gasteiger partial charge in [-0.2, -0.15) is 0 Å². The number of ether oxygens (including phenoxy) is 2. The summed E-state index contributed by atoms with van der Waals surface area (Å²) in [4.78, 5) is 4.74. The summed E-state index contributed by atoms with van der Waals surface area (Å²) in [6.45, 7) is 3.24. The topological polar surface area (TPSA) is 24.9 Å². The predicted octanol–water partition coefficient (Wildman–Crippen LogP) is 3.93. The van der Waals surface area contributed by atoms with Gasteiger partial charge < -0.3 is 14.4 Å². The Hall–Kier alpha value is -1.10. The summed E-state index contributed by atoms with van der Waals surface area (Å²) in [5.41, 5.74) is 2.72. The summed E-state index contributed by atoms with van der Waals surface area (Å²) in [5.74, 6) is 1.60. The maximum Gasteiger partial charge on any atom is 0.0996 e. The molecule has 1 aromatic rings. The second-order valence-corrected chi connectivity index (χ2v) is 7.79. The molecule has 0 spiro atoms. The minimum atomic E-state index is 0.502. The molecule has 1 heterocycles. The third-order valence-electron chi connectivity index (χ3n) is 5.93. The van der Waals surface area contributed by atoms with Gasteiger partial charge in [0, 0.05) is 39.5 Å². The Morgan fingerprint density at radius 2 is 1.80 bits per heavy atom. The first-order valence-corrected chi connectivity index (χ1v) is 9.78. The van der Waals surface area contributed by atoms with Gasteiger partial charge in [0.2, 0.25) is 0 Å². The average Bonchev–Trinajstić information content (AvgIpc) is 2.80. The first kappa shape index (κ1) is 18.7. The number of fused-ring (bicyclic) bond motifs is 1. The highest BCUT2D eigenvalue weighted by Gasteiger charge is 2.42. The maximum atomic E-state index is 5.90. The molecule has 0 aromatic heterocycles. The van der Waals surface area contributed by atoms with Crippen LogP contribution in [-0.4, -0.2) is 52.6 Å². The highest BCUT2D eigenvalue weighted by Crippen LogP contribution is 2.47. The number of methoxy groups -OCH3 is 1. The van der Waals surface area contributed by atoms with Crippen LogP contribution < -0.4 is 4.90 Å². The second kappa shape index (κ2) is 9.02. The average molecular weight is 347 g/mol. The van der Waals surface area contributed by atoms with Crippen LogP contribution in [0.3, 0.4) is 0 Å². The molecule has 0 radical (unpaired) electrons. The van der Waals surface area contributed by atoms with Crippen LogP contribution in [0.2, 0.25) is 0 Å². The number of hydrogen-bond acceptors (Lipinski definition) is 4. The van der Waals surface area contributed by atoms with Crippen molar-refractivity contribution in [2.45, 2.75) is 38.1 Å². The van der Waals surface area contributed by atoms with Crippen LogP contribution in [0.25, 0.3) is 0 Å². The molecule has 2 aliphatic rings. The minimum Gasteiger partial charge on any atom is -0.382 e. The molecule has 0 bridgehead atoms. The molecular weight excluding hydrogens is 312 g/mol. The first-order chi connectivity index (χ1) is 12.2. The number of nitrogens with zero attached hydrogens (tertiary/aromatic N) is 2. The van der Waals surface area contributed by atoms with Gasteiger partial charge >= 0.3 is 0 Å². The maximum absolute atomic E-state index is 5.90. The van der Waals surface area contributed by atoms with Crippen molar-refractivity contribution in [1.29, 1.82) is 0 Å². The van der Waals surface area contributed by atoms with E-state index in [9.17, 15) is 0 Å². The summed E-state index contributed by atoms with van der Waals surface area (Å²) in [6, 6.07) is 9.67. The molecule has 0 N–H and O–H groups in total. The third-order valence-corrected chi connectivity index (χ3v) is 5.93. The summed E-state index contributed by atoms with van der Waals surface area (Å²) in [5, 5.41) is 0. The Balaban J connectivity index is 1.76. The molecule has 1 aliphatic heterocycles. The molecule has 25 heavy (non-hydrogen) atoms. The molecule has 2 fully saturated rings. The van der Waals surface area contributed by atoms with Crippen molar-refractivity contribution in [3.8, 4) is 0 Å². The Kier molecular flexibility index (Phi) is 6.74. The van der Waals surface area contributed by atoms with Gasteiger partial charge in [-0.1, -0.05) is 31.4 Å². The van der Waals surface area contributed by atoms with Gasteiger partial charge in [-0.25, -0.2) is 0 Å². The highest BCUT2D eigenvalue weighted by atomic mass is 16.5. The molecule has 4 heteroatoms. The van der Waals surface area contributed by atoms with E-state index in [2.05, 4.69) is 48.2 Å². The lowest BCUT2D eigenvalue weighted by Crippen LogP contribution is -2.29. The zero-order valence-electron chi connectivity index (χ0n) is 16.1. The second-order valence-electron chi connectivity index (χ2n) is 7.79. The molecule has 1 saturated heterocycles. The lowest BCUT2D eigenvalue weighted by Gasteiger charge is -2.29. The van der Waals surface area contributed by atoms with Gasteiger partial charge in [0.25, 0.3) is 0 Å². The van der Waals surface area contributed by atoms with Gasteiger partial charge in [-0.05, 0) is 42.4 Å². The van der Waals surface area contributed by atoms with E-state index in [1.165, 1.54) is 49.9 Å². The van der Waals surface area contributed by atoms with Crippen LogP contribution in [-0.2, 0) is 9.47 Å². The third kappa shape index (κ3) is 4.55. The molecule has 1 saturated carbocycles. The summed E-state index contributed by atoms with van der Waals surface area (Å²) in [7, 11) is 5.93. The van der Waals surface area contributed by atoms with Gasteiger partial charge in [0.05, 0.1) is 19.9 Å². The Morgan fingerprint density at radius 1 is 1.04 bits per heavy atom. The van der Waals surface area contributed by atoms with Crippen molar-refractivity contribution in [2.75, 3.05) is 52.6 Å². The SMILES string of the molecule is COCCOCN1CC2CCCCCC2C1c1ccc(N(C)C)cc1. The Morgan fingerprint density at radius 3 is 2.52 bits per heavy atom. The van der Waals surface area contributed by atoms with E-state index < -0.39 is 0 Å². The summed E-state index contributed by atoms with van der Waals surface area (Å²) in [6.07, 6.45) is 6.92. The number of anilines is 1. The van der Waals surface area contributed by atoms with Gasteiger partial charge in [0.15, 0.2) is 0 Å². The van der Waals surface area contributed by atoms with E-state index in [0.29, 0.717) is 19.3 Å². The molecule has 4 nitrogen and oxygen atoms in total. The van der Waals surface area contributed by atoms with Crippen LogP contribution in [0, 0.1) is 11.8 Å². The van der Waals surface area contributed by atoms with Crippen molar-refractivity contribution in [2.24, 2.45) is 11.8 Å². The number of benzene rings is 1. The fourth-order valence-electron chi connectivity index (χ4n) is 4.63. The fourth-order valence-corrected chi connectivity index (χ4v) is 4.63. The van der Waals surface area contributed by atoms with Gasteiger partial charge in [-0.15, -0.1) is 0 Å². The van der Waals surface area contributed by atoms with Crippen LogP contribution in [0.4, 0.5) is 5.69 Å². The van der Waals surface area contributed by atoms with E-state index in [1.54, 1.807) is 7.11 Å². The monoisotopic (exact) mass is 346 g/mol. The van der Waals surface area contributed by atoms with E-state index in [1.807, 2.05) is 0 Å². The lowest BCUT2D eigenvalue weighted by atomic mass is 9.83. The van der Waals surface area contributed by atoms with Crippen molar-refractivity contribution in [3.05, 3.63) is 29.8 Å². The highest BCUT2D eigenvalue weighted by molar-refractivity contribution is 5.46. The van der Waals surface area contributed by atoms with E-state index >= 15 is 0 Å². The fraction of sp³-hybridized carbons (Fsp3) is 0.714. The van der Waals surface area contributed by atoms with E-state index in [4.69, 9.17) is 9.47 Å². The van der Waals surface area contributed by atoms with E-state index in [0.717, 1.165) is 18.6 Å². The first-order valence-electron chi connectivity index (χ1n) is 9.78. The van der Waals surface area contributed by atoms with Crippen molar-refractivity contribution in [3.63, 3.8) is 0 Å². The van der Waals surface area contributed by atoms with E-state index in [-0.39, 0.29) is 0 Å². The van der Waals surface area contributed by atoms with Crippen molar-refractivity contribution >= 4 is 5.69 Å². The van der Waals surface area contributed by atoms with Crippen molar-refractivity contribution < 1.29 is 9.47 Å². The Bertz CT molecular complexity index is 517. The number of hydrogen-bond donors (Lipinski definition) is 0. The van der Waals surface area contributed by atoms with Crippen LogP contribution in [0.15, 0.2) is 24.3 Å². The number of rotatable bonds is 7. The molecule has 3 atom stereocenters. The van der Waals surface area contributed by atoms with Crippen LogP contribution >= 0.6 is 0 Å². The standard InChI is InChI=1S/C21H34N2O2/c1-22(2)19-11-9-17(10-12-19)21-20-8-6-4-5-7-18(20)15-23(21)16-25-14-13-24-3/h9-12,18,20-21H,4-8,13-16H2,1-3H3. The van der Waals surface area contributed by atoms with Crippen LogP contribution in [0.1, 0.15) is 43.7 Å². The van der Waals surface area contributed by atoms with Gasteiger partial charge in [0.1, 0.15) is 0 Å². The molecular formula is C21H34N2O2. The zero-order valence-corrected chi connectivity index (χ0v) is 16.1. The quantitative estimate of drug-likeness (QED) is 0.699. The molecule has 3 unspecified atom stereocenters. The summed E-state index contributed by atoms with van der Waals surface area (Å²) >= 11 is 0. The van der Waals surface area contributed by atoms with Gasteiger partial charge in [-0.3, -0.25) is 4.90 Å². The lowest BCUT2D eigenvalue weighted by molar-refractivity contribution is -0.00675. The predicted molar refractivity (Wildman–Crippen MR) is 103 cm³/mol. The molecule has 0 amide bonds. The molecule has 3 rings (SSSR count). The number of likely N-dealkylation sites (tertiary alicyclic amines) is 1. The zero-order chi connectivity index (χ0) is 17.6. The Labute approximate surface area is 153 Å².